The van der Waals surface area contributed by atoms with Crippen LogP contribution in [0.3, 0.4) is 0 Å². The lowest BCUT2D eigenvalue weighted by molar-refractivity contribution is -0.139. The van der Waals surface area contributed by atoms with Gasteiger partial charge in [0.15, 0.2) is 0 Å². The molecule has 2 saturated heterocycles. The molecule has 124 valence electrons. The molecule has 24 heavy (non-hydrogen) atoms. The molecule has 3 fully saturated rings. The maximum Gasteiger partial charge on any atom is 0.234 e. The monoisotopic (exact) mass is 326 g/mol. The van der Waals surface area contributed by atoms with Gasteiger partial charge >= 0.3 is 0 Å². The Labute approximate surface area is 139 Å². The summed E-state index contributed by atoms with van der Waals surface area (Å²) in [6.45, 7) is 7.52. The lowest BCUT2D eigenvalue weighted by atomic mass is 9.54. The van der Waals surface area contributed by atoms with E-state index in [1.165, 1.54) is 22.0 Å². The van der Waals surface area contributed by atoms with Crippen LogP contribution in [0.5, 0.6) is 0 Å². The van der Waals surface area contributed by atoms with Crippen molar-refractivity contribution in [1.29, 1.82) is 0 Å². The van der Waals surface area contributed by atoms with E-state index in [-0.39, 0.29) is 48.6 Å². The number of rotatable bonds is 4. The highest BCUT2D eigenvalue weighted by Gasteiger charge is 2.68. The van der Waals surface area contributed by atoms with Crippen molar-refractivity contribution in [1.82, 2.24) is 9.80 Å². The summed E-state index contributed by atoms with van der Waals surface area (Å²) >= 11 is 0. The van der Waals surface area contributed by atoms with Gasteiger partial charge in [-0.3, -0.25) is 29.0 Å². The van der Waals surface area contributed by atoms with E-state index in [1.54, 1.807) is 0 Å². The Morgan fingerprint density at radius 3 is 1.25 bits per heavy atom. The van der Waals surface area contributed by atoms with Gasteiger partial charge in [0.25, 0.3) is 0 Å². The maximum atomic E-state index is 12.7. The van der Waals surface area contributed by atoms with Crippen LogP contribution >= 0.6 is 0 Å². The fraction of sp³-hybridized carbons (Fsp3) is 0.444. The Hall–Kier alpha value is -2.50. The summed E-state index contributed by atoms with van der Waals surface area (Å²) in [4.78, 5) is 53.3. The maximum absolute atomic E-state index is 12.7. The van der Waals surface area contributed by atoms with Crippen molar-refractivity contribution >= 4 is 23.6 Å². The first-order valence-corrected chi connectivity index (χ1v) is 8.13. The molecule has 2 heterocycles. The van der Waals surface area contributed by atoms with Crippen molar-refractivity contribution in [3.63, 3.8) is 0 Å². The molecule has 0 spiro atoms. The topological polar surface area (TPSA) is 74.8 Å². The van der Waals surface area contributed by atoms with Gasteiger partial charge in [0, 0.05) is 24.9 Å². The average molecular weight is 326 g/mol. The second-order valence-corrected chi connectivity index (χ2v) is 6.79. The van der Waals surface area contributed by atoms with Gasteiger partial charge in [0.2, 0.25) is 23.6 Å². The minimum Gasteiger partial charge on any atom is -0.278 e. The zero-order valence-electron chi connectivity index (χ0n) is 13.1. The van der Waals surface area contributed by atoms with E-state index in [4.69, 9.17) is 0 Å². The zero-order valence-corrected chi connectivity index (χ0v) is 13.1. The number of nitrogens with zero attached hydrogens (tertiary/aromatic N) is 2. The predicted molar refractivity (Wildman–Crippen MR) is 83.9 cm³/mol. The molecule has 0 radical (unpaired) electrons. The van der Waals surface area contributed by atoms with E-state index >= 15 is 0 Å². The summed E-state index contributed by atoms with van der Waals surface area (Å²) < 4.78 is 0. The molecule has 5 rings (SSSR count). The van der Waals surface area contributed by atoms with E-state index < -0.39 is 23.7 Å². The van der Waals surface area contributed by atoms with Crippen LogP contribution in [-0.4, -0.2) is 46.5 Å². The molecule has 0 N–H and O–H groups in total. The van der Waals surface area contributed by atoms with Crippen molar-refractivity contribution in [3.05, 3.63) is 37.5 Å². The van der Waals surface area contributed by atoms with Crippen molar-refractivity contribution < 1.29 is 19.2 Å². The molecule has 0 aromatic rings. The zero-order chi connectivity index (χ0) is 17.2. The Bertz CT molecular complexity index is 621. The third-order valence-electron chi connectivity index (χ3n) is 5.82. The number of carbonyl (C=O) groups excluding carboxylic acids is 4. The van der Waals surface area contributed by atoms with Gasteiger partial charge in [0.05, 0.1) is 23.7 Å². The molecule has 1 saturated carbocycles. The van der Waals surface area contributed by atoms with Crippen LogP contribution in [0.15, 0.2) is 37.5 Å². The lowest BCUT2D eigenvalue weighted by Gasteiger charge is -2.44. The Balaban J connectivity index is 1.76. The number of carbonyl (C=O) groups is 4. The number of hydrogen-bond donors (Lipinski definition) is 0. The van der Waals surface area contributed by atoms with Gasteiger partial charge in [-0.15, -0.1) is 13.2 Å². The van der Waals surface area contributed by atoms with Crippen LogP contribution in [0.2, 0.25) is 0 Å². The van der Waals surface area contributed by atoms with Crippen LogP contribution in [0.1, 0.15) is 0 Å². The van der Waals surface area contributed by atoms with Crippen LogP contribution < -0.4 is 0 Å². The van der Waals surface area contributed by atoms with E-state index in [1.807, 2.05) is 12.2 Å². The van der Waals surface area contributed by atoms with E-state index in [2.05, 4.69) is 13.2 Å². The summed E-state index contributed by atoms with van der Waals surface area (Å²) in [5, 5.41) is 0. The average Bonchev–Trinajstić information content (AvgIpc) is 2.99. The molecular formula is C18H18N2O4. The summed E-state index contributed by atoms with van der Waals surface area (Å²) in [6, 6.07) is 0. The van der Waals surface area contributed by atoms with Crippen LogP contribution in [0, 0.1) is 35.5 Å². The second-order valence-electron chi connectivity index (χ2n) is 6.79. The van der Waals surface area contributed by atoms with E-state index in [0.717, 1.165) is 0 Å². The van der Waals surface area contributed by atoms with Gasteiger partial charge in [0.1, 0.15) is 0 Å². The van der Waals surface area contributed by atoms with Crippen molar-refractivity contribution in [2.24, 2.45) is 35.5 Å². The lowest BCUT2D eigenvalue weighted by Crippen LogP contribution is -2.50. The van der Waals surface area contributed by atoms with Crippen LogP contribution in [-0.2, 0) is 19.2 Å². The summed E-state index contributed by atoms with van der Waals surface area (Å²) in [5.41, 5.74) is 0. The van der Waals surface area contributed by atoms with Gasteiger partial charge in [-0.1, -0.05) is 24.3 Å². The van der Waals surface area contributed by atoms with Crippen molar-refractivity contribution in [3.8, 4) is 0 Å². The van der Waals surface area contributed by atoms with Crippen LogP contribution in [0.4, 0.5) is 0 Å². The van der Waals surface area contributed by atoms with E-state index in [0.29, 0.717) is 0 Å². The first-order chi connectivity index (χ1) is 11.5. The van der Waals surface area contributed by atoms with Gasteiger partial charge in [-0.2, -0.15) is 0 Å². The highest BCUT2D eigenvalue weighted by atomic mass is 16.2. The molecule has 3 aliphatic carbocycles. The summed E-state index contributed by atoms with van der Waals surface area (Å²) in [6.07, 6.45) is 6.76. The Morgan fingerprint density at radius 1 is 0.708 bits per heavy atom. The number of hydrogen-bond acceptors (Lipinski definition) is 4. The summed E-state index contributed by atoms with van der Waals surface area (Å²) in [7, 11) is 0. The normalized spacial score (nSPS) is 39.5. The SMILES string of the molecule is C=CCN1C(=O)[C@@H]2C3C=CC([C@@H]2C1=O)[C@@H]1C(=O)N(CC=C)C(=O)[C@@H]31. The van der Waals surface area contributed by atoms with Gasteiger partial charge < -0.3 is 0 Å². The Kier molecular flexibility index (Phi) is 3.13. The first kappa shape index (κ1) is 15.1. The number of imide groups is 2. The first-order valence-electron chi connectivity index (χ1n) is 8.13. The van der Waals surface area contributed by atoms with Gasteiger partial charge in [-0.05, 0) is 0 Å². The van der Waals surface area contributed by atoms with Gasteiger partial charge in [-0.25, -0.2) is 0 Å². The fourth-order valence-electron chi connectivity index (χ4n) is 4.97. The highest BCUT2D eigenvalue weighted by molar-refractivity contribution is 6.11. The van der Waals surface area contributed by atoms with Crippen molar-refractivity contribution in [2.75, 3.05) is 13.1 Å². The minimum atomic E-state index is -0.533. The van der Waals surface area contributed by atoms with Crippen molar-refractivity contribution in [2.45, 2.75) is 0 Å². The molecular weight excluding hydrogens is 308 g/mol. The molecule has 0 aromatic carbocycles. The standard InChI is InChI=1S/C18H18N2O4/c1-3-7-19-15(21)11-9-5-6-10(12(11)16(19)22)14-13(9)17(23)20(8-4-2)18(14)24/h3-6,9-14H,1-2,7-8H2/t9?,10?,11-,12-,13-,14+/m0/s1. The fourth-order valence-corrected chi connectivity index (χ4v) is 4.97. The molecule has 0 aromatic heterocycles. The smallest absolute Gasteiger partial charge is 0.234 e. The molecule has 6 nitrogen and oxygen atoms in total. The largest absolute Gasteiger partial charge is 0.278 e. The number of allylic oxidation sites excluding steroid dienone is 2. The third kappa shape index (κ3) is 1.60. The third-order valence-corrected chi connectivity index (χ3v) is 5.82. The second kappa shape index (κ2) is 5.00. The predicted octanol–water partition coefficient (Wildman–Crippen LogP) is 0.377. The molecule has 5 aliphatic rings. The molecule has 2 bridgehead atoms. The molecule has 6 atom stereocenters. The van der Waals surface area contributed by atoms with Crippen LogP contribution in [0.25, 0.3) is 0 Å². The highest BCUT2D eigenvalue weighted by Crippen LogP contribution is 2.57. The molecule has 2 aliphatic heterocycles. The quantitative estimate of drug-likeness (QED) is 0.553. The molecule has 6 heteroatoms. The molecule has 4 amide bonds. The minimum absolute atomic E-state index is 0.171. The summed E-state index contributed by atoms with van der Waals surface area (Å²) in [5.74, 6) is -3.89. The Morgan fingerprint density at radius 2 is 1.00 bits per heavy atom. The van der Waals surface area contributed by atoms with E-state index in [9.17, 15) is 19.2 Å². The number of likely N-dealkylation sites (tertiary alicyclic amines) is 2. The number of amides is 4. The molecule has 2 unspecified atom stereocenters.